The zero-order valence-electron chi connectivity index (χ0n) is 35.7. The maximum atomic E-state index is 12.0. The Labute approximate surface area is 387 Å². The molecule has 342 valence electrons. The van der Waals surface area contributed by atoms with Gasteiger partial charge < -0.3 is 53.4 Å². The molecule has 3 unspecified atom stereocenters. The topological polar surface area (TPSA) is 484 Å². The number of carbonyl (C=O) groups is 9. The molecule has 0 radical (unpaired) electrons. The number of likely N-dealkylation sites (N-methyl/N-ethyl adjacent to an activating group) is 4. The predicted octanol–water partition coefficient (Wildman–Crippen LogP) is -15.5. The summed E-state index contributed by atoms with van der Waals surface area (Å²) in [7, 11) is 5.60. The Kier molecular flexibility index (Phi) is 53.6. The third-order valence-corrected chi connectivity index (χ3v) is 5.78. The monoisotopic (exact) mass is 1010 g/mol. The van der Waals surface area contributed by atoms with Crippen LogP contribution >= 0.6 is 0 Å². The van der Waals surface area contributed by atoms with Gasteiger partial charge in [-0.25, -0.2) is 0 Å². The zero-order chi connectivity index (χ0) is 49.1. The molecule has 3 atom stereocenters. The van der Waals surface area contributed by atoms with Crippen LogP contribution in [0.15, 0.2) is 11.6 Å². The van der Waals surface area contributed by atoms with Gasteiger partial charge in [-0.15, -0.1) is 0 Å². The molecule has 8 amide bonds. The minimum absolute atomic E-state index is 0. The van der Waals surface area contributed by atoms with E-state index in [1.807, 2.05) is 6.92 Å². The molecule has 0 aliphatic rings. The van der Waals surface area contributed by atoms with E-state index in [1.165, 1.54) is 28.2 Å². The number of aliphatic hydroxyl groups is 1. The number of halogens is 1. The number of nitrogens with two attached hydrogens (primary N) is 1. The van der Waals surface area contributed by atoms with Gasteiger partial charge in [0.05, 0.1) is 30.7 Å². The smallest absolute Gasteiger partial charge is 0.394 e. The van der Waals surface area contributed by atoms with E-state index in [1.54, 1.807) is 45.0 Å². The first-order chi connectivity index (χ1) is 28.5. The third kappa shape index (κ3) is 44.2. The number of rotatable bonds is 15. The predicted molar refractivity (Wildman–Crippen MR) is 198 cm³/mol. The molecule has 0 heterocycles. The van der Waals surface area contributed by atoms with Crippen molar-refractivity contribution < 1.29 is 112 Å². The summed E-state index contributed by atoms with van der Waals surface area (Å²) in [5.74, 6) is -8.41. The molecule has 0 aliphatic carbocycles. The first-order valence-electron chi connectivity index (χ1n) is 17.2. The van der Waals surface area contributed by atoms with Gasteiger partial charge in [0.15, 0.2) is 0 Å². The van der Waals surface area contributed by atoms with Gasteiger partial charge in [0.2, 0.25) is 41.7 Å². The van der Waals surface area contributed by atoms with Gasteiger partial charge in [-0.1, -0.05) is 0 Å². The number of nitriles is 4. The Balaban J connectivity index is -0.000000127. The number of amides is 8. The fourth-order valence-electron chi connectivity index (χ4n) is 3.10. The normalized spacial score (nSPS) is 11.0. The minimum atomic E-state index is -5.94. The van der Waals surface area contributed by atoms with E-state index >= 15 is 0 Å². The summed E-state index contributed by atoms with van der Waals surface area (Å²) in [6, 6.07) is 6.02. The van der Waals surface area contributed by atoms with Crippen LogP contribution in [0, 0.1) is 63.1 Å². The summed E-state index contributed by atoms with van der Waals surface area (Å²) >= 11 is -5.94. The van der Waals surface area contributed by atoms with Crippen LogP contribution in [0.5, 0.6) is 0 Å². The van der Waals surface area contributed by atoms with E-state index in [9.17, 15) is 43.2 Å². The van der Waals surface area contributed by atoms with E-state index in [0.29, 0.717) is 13.1 Å². The quantitative estimate of drug-likeness (QED) is 0.0182. The Morgan fingerprint density at radius 3 is 1.27 bits per heavy atom. The van der Waals surface area contributed by atoms with E-state index in [0.717, 1.165) is 6.08 Å². The van der Waals surface area contributed by atoms with Gasteiger partial charge in [-0.3, -0.25) is 56.9 Å². The molecule has 0 aliphatic heterocycles. The van der Waals surface area contributed by atoms with Crippen molar-refractivity contribution in [3.8, 4) is 24.3 Å². The molecule has 0 saturated carbocycles. The molecule has 0 saturated heterocycles. The van der Waals surface area contributed by atoms with Crippen LogP contribution in [0.2, 0.25) is 0 Å². The number of aldehydes is 1. The van der Waals surface area contributed by atoms with Crippen molar-refractivity contribution in [2.45, 2.75) is 40.2 Å². The van der Waals surface area contributed by atoms with Crippen LogP contribution in [0.1, 0.15) is 34.1 Å². The second-order valence-electron chi connectivity index (χ2n) is 10.1. The van der Waals surface area contributed by atoms with Gasteiger partial charge in [-0.05, 0) is 27.7 Å². The minimum Gasteiger partial charge on any atom is -0.394 e. The molecule has 11 N–H and O–H groups in total. The molecule has 0 spiro atoms. The van der Waals surface area contributed by atoms with Gasteiger partial charge in [0.25, 0.3) is 11.8 Å². The van der Waals surface area contributed by atoms with Gasteiger partial charge in [-0.2, -0.15) is 21.0 Å². The van der Waals surface area contributed by atoms with Crippen molar-refractivity contribution >= 4 is 53.5 Å². The van der Waals surface area contributed by atoms with E-state index in [-0.39, 0.29) is 79.3 Å². The fourth-order valence-corrected chi connectivity index (χ4v) is 3.10. The molecule has 27 nitrogen and oxygen atoms in total. The molecule has 0 aromatic rings. The van der Waals surface area contributed by atoms with Crippen LogP contribution in [0.3, 0.4) is 0 Å². The average Bonchev–Trinajstić information content (AvgIpc) is 3.22. The third-order valence-electron chi connectivity index (χ3n) is 5.78. The zero-order valence-corrected chi connectivity index (χ0v) is 39.9. The summed E-state index contributed by atoms with van der Waals surface area (Å²) in [5, 5.41) is 61.8. The van der Waals surface area contributed by atoms with Gasteiger partial charge in [0, 0.05) is 60.4 Å². The average molecular weight is 1010 g/mol. The summed E-state index contributed by atoms with van der Waals surface area (Å²) in [5.41, 5.74) is 4.87. The first kappa shape index (κ1) is 71.1. The SMILES string of the molecule is CCNC(=O)/C(C#N)=C/C(=O)NC.CCNC(=O)C(C#N)C(C(=O)NC)C(C#N)C(=O)NCC.CCNC(=O)CC#N.CNC(=O)C(N)CO.CNC(=O)C=O.[Na+].[O-][I+3]([O-])([O-])[O-]. The van der Waals surface area contributed by atoms with Crippen LogP contribution in [-0.4, -0.2) is 126 Å². The number of carbonyl (C=O) groups excluding carboxylic acids is 9. The number of hydrogen-bond donors (Lipinski definition) is 10. The van der Waals surface area contributed by atoms with Crippen molar-refractivity contribution in [2.75, 3.05) is 61.0 Å². The van der Waals surface area contributed by atoms with E-state index in [2.05, 4.69) is 42.5 Å². The number of nitrogens with one attached hydrogen (secondary N) is 8. The van der Waals surface area contributed by atoms with E-state index in [4.69, 9.17) is 45.6 Å². The standard InChI is InChI=1S/C13H19N5O3.C8H11N3O2.C5H8N2O.C4H10N2O2.C3H5NO2.IO4.Na/c1-4-17-11(19)8(6-14)10(13(21)16-3)9(7-15)12(20)18-5-2;1-3-11-8(13)6(5-9)4-7(12)10-2;1-2-7-5(8)3-4-6;1-6-4(8)3(5)2-7;1-4-3(6)2-5;2-1(3,4)5;/h8-10H,4-5H2,1-3H3,(H,16,21)(H,17,19)(H,18,20);4H,3H2,1-2H3,(H,10,12)(H,11,13);2-3H2,1H3,(H,7,8);3,7H,2,5H2,1H3,(H,6,8);2H,1H3,(H,4,6);;/q;;;;;-1;+1/b;6-4+;;;;;. The number of hydrogen-bond acceptors (Lipinski definition) is 19. The Hall–Kier alpha value is -5.38. The summed E-state index contributed by atoms with van der Waals surface area (Å²) in [6.07, 6.45) is 1.15. The van der Waals surface area contributed by atoms with Crippen molar-refractivity contribution in [3.63, 3.8) is 0 Å². The number of nitrogens with zero attached hydrogens (tertiary/aromatic N) is 4. The molecule has 0 aromatic heterocycles. The largest absolute Gasteiger partial charge is 1.00 e. The Morgan fingerprint density at radius 1 is 0.661 bits per heavy atom. The van der Waals surface area contributed by atoms with Crippen molar-refractivity contribution in [2.24, 2.45) is 23.5 Å². The van der Waals surface area contributed by atoms with Crippen LogP contribution in [-0.2, 0) is 43.2 Å². The van der Waals surface area contributed by atoms with Crippen molar-refractivity contribution in [1.82, 2.24) is 42.5 Å². The fraction of sp³-hybridized carbons (Fsp3) is 0.545. The maximum Gasteiger partial charge on any atom is 1.00 e. The van der Waals surface area contributed by atoms with Gasteiger partial charge in [0.1, 0.15) is 56.0 Å². The summed E-state index contributed by atoms with van der Waals surface area (Å²) in [6.45, 7) is 8.12. The number of aliphatic hydroxyl groups excluding tert-OH is 1. The molecule has 0 rings (SSSR count). The molecular weight excluding hydrogens is 952 g/mol. The molecule has 29 heteroatoms. The van der Waals surface area contributed by atoms with Crippen LogP contribution < -0.4 is 112 Å². The van der Waals surface area contributed by atoms with E-state index < -0.39 is 79.3 Å². The summed E-state index contributed by atoms with van der Waals surface area (Å²) < 4.78 is 34.5. The molecule has 0 fully saturated rings. The first-order valence-corrected chi connectivity index (χ1v) is 20.7. The van der Waals surface area contributed by atoms with Crippen LogP contribution in [0.25, 0.3) is 0 Å². The maximum absolute atomic E-state index is 12.0. The van der Waals surface area contributed by atoms with Gasteiger partial charge >= 0.3 is 29.6 Å². The molecular formula is C33H53IN13NaO14. The second kappa shape index (κ2) is 46.7. The Bertz CT molecular complexity index is 1550. The van der Waals surface area contributed by atoms with Crippen molar-refractivity contribution in [1.29, 1.82) is 21.0 Å². The molecule has 62 heavy (non-hydrogen) atoms. The Morgan fingerprint density at radius 2 is 1.05 bits per heavy atom. The second-order valence-corrected chi connectivity index (χ2v) is 12.2. The summed E-state index contributed by atoms with van der Waals surface area (Å²) in [4.78, 5) is 97.2. The van der Waals surface area contributed by atoms with Crippen molar-refractivity contribution in [3.05, 3.63) is 11.6 Å². The molecule has 0 aromatic carbocycles. The molecule has 0 bridgehead atoms. The van der Waals surface area contributed by atoms with Crippen LogP contribution in [0.4, 0.5) is 0 Å².